The molecule has 1 N–H and O–H groups in total. The van der Waals surface area contributed by atoms with Gasteiger partial charge in [-0.05, 0) is 71.1 Å². The summed E-state index contributed by atoms with van der Waals surface area (Å²) in [5.74, 6) is 1.13. The number of rotatable bonds is 1. The highest BCUT2D eigenvalue weighted by Crippen LogP contribution is 2.54. The molecule has 0 heterocycles. The summed E-state index contributed by atoms with van der Waals surface area (Å²) in [6.07, 6.45) is 11.0. The molecule has 1 fully saturated rings. The van der Waals surface area contributed by atoms with Crippen molar-refractivity contribution in [2.45, 2.75) is 72.3 Å². The summed E-state index contributed by atoms with van der Waals surface area (Å²) in [6.45, 7) is 13.1. The smallest absolute Gasteiger partial charge is 0.0779 e. The lowest BCUT2D eigenvalue weighted by Crippen LogP contribution is -2.36. The van der Waals surface area contributed by atoms with Gasteiger partial charge >= 0.3 is 0 Å². The van der Waals surface area contributed by atoms with E-state index in [4.69, 9.17) is 0 Å². The van der Waals surface area contributed by atoms with Gasteiger partial charge in [0.05, 0.1) is 6.10 Å². The Hall–Kier alpha value is -0.820. The summed E-state index contributed by atoms with van der Waals surface area (Å²) in [4.78, 5) is 0. The van der Waals surface area contributed by atoms with Gasteiger partial charge in [0, 0.05) is 5.41 Å². The minimum atomic E-state index is -0.315. The van der Waals surface area contributed by atoms with Crippen molar-refractivity contribution in [3.05, 3.63) is 35.5 Å². The van der Waals surface area contributed by atoms with Crippen LogP contribution in [-0.4, -0.2) is 11.2 Å². The largest absolute Gasteiger partial charge is 0.388 e. The summed E-state index contributed by atoms with van der Waals surface area (Å²) in [6, 6.07) is 0. The lowest BCUT2D eigenvalue weighted by atomic mass is 9.69. The van der Waals surface area contributed by atoms with Crippen LogP contribution in [-0.2, 0) is 0 Å². The van der Waals surface area contributed by atoms with Crippen LogP contribution < -0.4 is 0 Å². The van der Waals surface area contributed by atoms with Crippen molar-refractivity contribution in [1.29, 1.82) is 0 Å². The maximum atomic E-state index is 10.9. The van der Waals surface area contributed by atoms with E-state index < -0.39 is 0 Å². The van der Waals surface area contributed by atoms with Gasteiger partial charge in [0.15, 0.2) is 0 Å². The molecule has 1 heteroatoms. The summed E-state index contributed by atoms with van der Waals surface area (Å²) in [5.41, 5.74) is 4.14. The van der Waals surface area contributed by atoms with Gasteiger partial charge in [-0.25, -0.2) is 0 Å². The van der Waals surface area contributed by atoms with E-state index in [2.05, 4.69) is 46.4 Å². The van der Waals surface area contributed by atoms with Gasteiger partial charge in [0.25, 0.3) is 0 Å². The van der Waals surface area contributed by atoms with Crippen LogP contribution in [0.3, 0.4) is 0 Å². The zero-order chi connectivity index (χ0) is 15.6. The predicted octanol–water partition coefficient (Wildman–Crippen LogP) is 5.42. The molecule has 0 aromatic rings. The fraction of sp³-hybridized carbons (Fsp3) is 0.700. The second kappa shape index (κ2) is 6.52. The first-order valence-electron chi connectivity index (χ1n) is 8.51. The van der Waals surface area contributed by atoms with Crippen LogP contribution in [0, 0.1) is 17.3 Å². The van der Waals surface area contributed by atoms with Gasteiger partial charge in [0.2, 0.25) is 0 Å². The fourth-order valence-electron chi connectivity index (χ4n) is 4.38. The molecule has 4 atom stereocenters. The Morgan fingerprint density at radius 2 is 1.95 bits per heavy atom. The minimum Gasteiger partial charge on any atom is -0.388 e. The predicted molar refractivity (Wildman–Crippen MR) is 91.1 cm³/mol. The molecular formula is C20H32O. The van der Waals surface area contributed by atoms with Gasteiger partial charge < -0.3 is 5.11 Å². The molecule has 21 heavy (non-hydrogen) atoms. The van der Waals surface area contributed by atoms with E-state index in [-0.39, 0.29) is 11.5 Å². The molecule has 0 aromatic carbocycles. The van der Waals surface area contributed by atoms with E-state index in [1.54, 1.807) is 0 Å². The van der Waals surface area contributed by atoms with Crippen LogP contribution in [0.15, 0.2) is 35.5 Å². The third-order valence-electron chi connectivity index (χ3n) is 5.96. The first-order valence-corrected chi connectivity index (χ1v) is 8.51. The Kier molecular flexibility index (Phi) is 5.14. The highest BCUT2D eigenvalue weighted by Gasteiger charge is 2.48. The second-order valence-corrected chi connectivity index (χ2v) is 7.69. The SMILES string of the molecule is C=C(C)[C@@H]1CC[C@]2(C)[C@H](O)/C=C(\C)CC/C=C(\C)CC[C@@H]12. The molecule has 0 bridgehead atoms. The zero-order valence-electron chi connectivity index (χ0n) is 14.3. The lowest BCUT2D eigenvalue weighted by molar-refractivity contribution is 0.0329. The van der Waals surface area contributed by atoms with Crippen LogP contribution in [0.1, 0.15) is 66.2 Å². The van der Waals surface area contributed by atoms with Crippen LogP contribution >= 0.6 is 0 Å². The van der Waals surface area contributed by atoms with Crippen molar-refractivity contribution in [1.82, 2.24) is 0 Å². The Bertz CT molecular complexity index is 456. The highest BCUT2D eigenvalue weighted by atomic mass is 16.3. The van der Waals surface area contributed by atoms with E-state index in [9.17, 15) is 5.11 Å². The molecule has 0 aliphatic heterocycles. The van der Waals surface area contributed by atoms with Crippen molar-refractivity contribution in [3.8, 4) is 0 Å². The molecule has 118 valence electrons. The Balaban J connectivity index is 2.35. The van der Waals surface area contributed by atoms with Gasteiger partial charge in [-0.2, -0.15) is 0 Å². The number of fused-ring (bicyclic) bond motifs is 1. The Labute approximate surface area is 130 Å². The quantitative estimate of drug-likeness (QED) is 0.638. The maximum absolute atomic E-state index is 10.9. The molecule has 0 amide bonds. The standard InChI is InChI=1S/C20H32O/c1-14(2)17-11-12-20(5)18(17)10-9-15(3)7-6-8-16(4)13-19(20)21/h7,13,17-19,21H,1,6,8-12H2,2-5H3/b15-7+,16-13+/t17-,18-,19+,20-/m0/s1. The third kappa shape index (κ3) is 3.51. The number of hydrogen-bond donors (Lipinski definition) is 1. The summed E-state index contributed by atoms with van der Waals surface area (Å²) < 4.78 is 0. The molecule has 1 saturated carbocycles. The van der Waals surface area contributed by atoms with Gasteiger partial charge in [0.1, 0.15) is 0 Å². The summed E-state index contributed by atoms with van der Waals surface area (Å²) in [7, 11) is 0. The molecule has 2 rings (SSSR count). The average molecular weight is 288 g/mol. The topological polar surface area (TPSA) is 20.2 Å². The monoisotopic (exact) mass is 288 g/mol. The molecule has 0 saturated heterocycles. The maximum Gasteiger partial charge on any atom is 0.0779 e. The molecule has 2 aliphatic carbocycles. The number of hydrogen-bond acceptors (Lipinski definition) is 1. The number of aliphatic hydroxyl groups excluding tert-OH is 1. The summed E-state index contributed by atoms with van der Waals surface area (Å²) in [5, 5.41) is 10.9. The highest BCUT2D eigenvalue weighted by molar-refractivity contribution is 5.16. The van der Waals surface area contributed by atoms with Crippen LogP contribution in [0.25, 0.3) is 0 Å². The molecule has 0 unspecified atom stereocenters. The van der Waals surface area contributed by atoms with Gasteiger partial charge in [-0.15, -0.1) is 0 Å². The van der Waals surface area contributed by atoms with Gasteiger partial charge in [-0.3, -0.25) is 0 Å². The molecule has 0 radical (unpaired) electrons. The van der Waals surface area contributed by atoms with E-state index in [0.29, 0.717) is 11.8 Å². The third-order valence-corrected chi connectivity index (χ3v) is 5.96. The van der Waals surface area contributed by atoms with Crippen LogP contribution in [0.5, 0.6) is 0 Å². The number of allylic oxidation sites excluding steroid dienone is 4. The van der Waals surface area contributed by atoms with Crippen molar-refractivity contribution in [3.63, 3.8) is 0 Å². The van der Waals surface area contributed by atoms with Crippen molar-refractivity contribution >= 4 is 0 Å². The lowest BCUT2D eigenvalue weighted by Gasteiger charge is -2.38. The molecular weight excluding hydrogens is 256 g/mol. The first-order chi connectivity index (χ1) is 9.84. The molecule has 0 spiro atoms. The van der Waals surface area contributed by atoms with Crippen LogP contribution in [0.2, 0.25) is 0 Å². The average Bonchev–Trinajstić information content (AvgIpc) is 2.73. The number of aliphatic hydroxyl groups is 1. The summed E-state index contributed by atoms with van der Waals surface area (Å²) >= 11 is 0. The van der Waals surface area contributed by atoms with Gasteiger partial charge in [-0.1, -0.05) is 42.4 Å². The van der Waals surface area contributed by atoms with Crippen LogP contribution in [0.4, 0.5) is 0 Å². The normalized spacial score (nSPS) is 43.0. The van der Waals surface area contributed by atoms with E-state index in [0.717, 1.165) is 25.7 Å². The Morgan fingerprint density at radius 3 is 2.62 bits per heavy atom. The van der Waals surface area contributed by atoms with E-state index in [1.807, 2.05) is 0 Å². The first kappa shape index (κ1) is 16.5. The zero-order valence-corrected chi connectivity index (χ0v) is 14.3. The molecule has 2 aliphatic rings. The Morgan fingerprint density at radius 1 is 1.24 bits per heavy atom. The van der Waals surface area contributed by atoms with E-state index in [1.165, 1.54) is 29.6 Å². The second-order valence-electron chi connectivity index (χ2n) is 7.69. The molecule has 0 aromatic heterocycles. The van der Waals surface area contributed by atoms with E-state index >= 15 is 0 Å². The fourth-order valence-corrected chi connectivity index (χ4v) is 4.38. The minimum absolute atomic E-state index is 0.00942. The van der Waals surface area contributed by atoms with Crippen molar-refractivity contribution in [2.75, 3.05) is 0 Å². The molecule has 1 nitrogen and oxygen atoms in total. The van der Waals surface area contributed by atoms with Crippen molar-refractivity contribution in [2.24, 2.45) is 17.3 Å². The van der Waals surface area contributed by atoms with Crippen molar-refractivity contribution < 1.29 is 5.11 Å².